The van der Waals surface area contributed by atoms with Crippen molar-refractivity contribution in [3.8, 4) is 0 Å². The topological polar surface area (TPSA) is 66.5 Å². The molecule has 1 fully saturated rings. The highest BCUT2D eigenvalue weighted by molar-refractivity contribution is 6.18. The summed E-state index contributed by atoms with van der Waals surface area (Å²) in [4.78, 5) is 37.8. The quantitative estimate of drug-likeness (QED) is 0.597. The lowest BCUT2D eigenvalue weighted by atomic mass is 10.0. The number of piperidine rings is 1. The molecule has 0 bridgehead atoms. The number of carbonyl (C=O) groups is 3. The maximum atomic E-state index is 12.3. The van der Waals surface area contributed by atoms with Gasteiger partial charge in [0, 0.05) is 49.8 Å². The first-order valence-electron chi connectivity index (χ1n) is 8.72. The molecule has 1 aromatic carbocycles. The second kappa shape index (κ2) is 9.56. The minimum atomic E-state index is -0.0385. The number of hydrogen-bond donors (Lipinski definition) is 1. The molecule has 2 rings (SSSR count). The van der Waals surface area contributed by atoms with Crippen molar-refractivity contribution in [2.75, 3.05) is 19.0 Å². The number of carbonyl (C=O) groups excluding carboxylic acids is 3. The van der Waals surface area contributed by atoms with Crippen molar-refractivity contribution in [2.24, 2.45) is 0 Å². The fourth-order valence-electron chi connectivity index (χ4n) is 2.92. The highest BCUT2D eigenvalue weighted by Crippen LogP contribution is 2.14. The molecule has 0 saturated carbocycles. The summed E-state index contributed by atoms with van der Waals surface area (Å²) >= 11 is 5.55. The van der Waals surface area contributed by atoms with E-state index in [0.717, 1.165) is 18.4 Å². The van der Waals surface area contributed by atoms with Gasteiger partial charge in [-0.2, -0.15) is 0 Å². The van der Waals surface area contributed by atoms with E-state index >= 15 is 0 Å². The molecule has 5 nitrogen and oxygen atoms in total. The van der Waals surface area contributed by atoms with Crippen LogP contribution in [0.25, 0.3) is 0 Å². The van der Waals surface area contributed by atoms with E-state index in [-0.39, 0.29) is 36.5 Å². The SMILES string of the molecule is Cc1ccc(C(=O)CCC(=O)N2CCC(NC(=O)CCCl)CC2)cc1. The summed E-state index contributed by atoms with van der Waals surface area (Å²) in [5.74, 6) is 0.282. The summed E-state index contributed by atoms with van der Waals surface area (Å²) in [6, 6.07) is 7.51. The Morgan fingerprint density at radius 3 is 2.32 bits per heavy atom. The van der Waals surface area contributed by atoms with Crippen molar-refractivity contribution in [1.29, 1.82) is 0 Å². The van der Waals surface area contributed by atoms with Gasteiger partial charge in [0.05, 0.1) is 0 Å². The number of likely N-dealkylation sites (tertiary alicyclic amines) is 1. The lowest BCUT2D eigenvalue weighted by molar-refractivity contribution is -0.132. The van der Waals surface area contributed by atoms with Crippen molar-refractivity contribution in [1.82, 2.24) is 10.2 Å². The third-order valence-electron chi connectivity index (χ3n) is 4.47. The summed E-state index contributed by atoms with van der Waals surface area (Å²) in [5, 5.41) is 2.94. The number of halogens is 1. The third kappa shape index (κ3) is 6.16. The Kier molecular flexibility index (Phi) is 7.44. The van der Waals surface area contributed by atoms with Gasteiger partial charge in [-0.25, -0.2) is 0 Å². The molecule has 0 atom stereocenters. The molecule has 1 heterocycles. The average Bonchev–Trinajstić information content (AvgIpc) is 2.61. The number of benzene rings is 1. The van der Waals surface area contributed by atoms with E-state index in [1.165, 1.54) is 0 Å². The Balaban J connectivity index is 1.72. The Labute approximate surface area is 153 Å². The van der Waals surface area contributed by atoms with Gasteiger partial charge >= 0.3 is 0 Å². The van der Waals surface area contributed by atoms with Crippen molar-refractivity contribution in [3.63, 3.8) is 0 Å². The molecule has 1 aliphatic heterocycles. The highest BCUT2D eigenvalue weighted by atomic mass is 35.5. The number of aryl methyl sites for hydroxylation is 1. The summed E-state index contributed by atoms with van der Waals surface area (Å²) in [5.41, 5.74) is 1.76. The lowest BCUT2D eigenvalue weighted by Crippen LogP contribution is -2.46. The molecule has 0 aromatic heterocycles. The van der Waals surface area contributed by atoms with E-state index in [2.05, 4.69) is 5.32 Å². The molecule has 6 heteroatoms. The molecule has 0 spiro atoms. The van der Waals surface area contributed by atoms with Crippen LogP contribution in [0.15, 0.2) is 24.3 Å². The molecule has 25 heavy (non-hydrogen) atoms. The Morgan fingerprint density at radius 1 is 1.08 bits per heavy atom. The number of hydrogen-bond acceptors (Lipinski definition) is 3. The summed E-state index contributed by atoms with van der Waals surface area (Å²) in [6.45, 7) is 3.20. The smallest absolute Gasteiger partial charge is 0.223 e. The van der Waals surface area contributed by atoms with Crippen molar-refractivity contribution >= 4 is 29.2 Å². The van der Waals surface area contributed by atoms with Crippen LogP contribution < -0.4 is 5.32 Å². The molecule has 136 valence electrons. The fourth-order valence-corrected chi connectivity index (χ4v) is 3.09. The zero-order valence-electron chi connectivity index (χ0n) is 14.6. The van der Waals surface area contributed by atoms with Gasteiger partial charge in [-0.05, 0) is 19.8 Å². The zero-order valence-corrected chi connectivity index (χ0v) is 15.3. The van der Waals surface area contributed by atoms with E-state index in [4.69, 9.17) is 11.6 Å². The minimum Gasteiger partial charge on any atom is -0.353 e. The first-order chi connectivity index (χ1) is 12.0. The van der Waals surface area contributed by atoms with E-state index in [1.54, 1.807) is 17.0 Å². The standard InChI is InChI=1S/C19H25ClN2O3/c1-14-2-4-15(5-3-14)17(23)6-7-19(25)22-12-9-16(10-13-22)21-18(24)8-11-20/h2-5,16H,6-13H2,1H3,(H,21,24). The van der Waals surface area contributed by atoms with Gasteiger partial charge in [-0.15, -0.1) is 11.6 Å². The molecule has 2 amide bonds. The molecule has 1 saturated heterocycles. The van der Waals surface area contributed by atoms with Crippen molar-refractivity contribution in [2.45, 2.75) is 45.1 Å². The molecule has 1 aliphatic rings. The van der Waals surface area contributed by atoms with E-state index in [0.29, 0.717) is 31.0 Å². The predicted molar refractivity (Wildman–Crippen MR) is 97.8 cm³/mol. The number of rotatable bonds is 7. The average molecular weight is 365 g/mol. The molecular weight excluding hydrogens is 340 g/mol. The van der Waals surface area contributed by atoms with Crippen LogP contribution in [0.3, 0.4) is 0 Å². The van der Waals surface area contributed by atoms with Crippen LogP contribution >= 0.6 is 11.6 Å². The predicted octanol–water partition coefficient (Wildman–Crippen LogP) is 2.69. The zero-order chi connectivity index (χ0) is 18.2. The highest BCUT2D eigenvalue weighted by Gasteiger charge is 2.24. The largest absolute Gasteiger partial charge is 0.353 e. The Bertz CT molecular complexity index is 608. The first-order valence-corrected chi connectivity index (χ1v) is 9.26. The van der Waals surface area contributed by atoms with Crippen LogP contribution in [-0.4, -0.2) is 47.5 Å². The molecule has 0 unspecified atom stereocenters. The van der Waals surface area contributed by atoms with Gasteiger partial charge in [0.25, 0.3) is 0 Å². The maximum absolute atomic E-state index is 12.3. The van der Waals surface area contributed by atoms with Gasteiger partial charge in [-0.3, -0.25) is 14.4 Å². The van der Waals surface area contributed by atoms with Crippen LogP contribution in [0.4, 0.5) is 0 Å². The second-order valence-corrected chi connectivity index (χ2v) is 6.83. The summed E-state index contributed by atoms with van der Waals surface area (Å²) in [6.07, 6.45) is 2.27. The van der Waals surface area contributed by atoms with Crippen LogP contribution in [-0.2, 0) is 9.59 Å². The van der Waals surface area contributed by atoms with Crippen molar-refractivity contribution in [3.05, 3.63) is 35.4 Å². The number of Topliss-reactive ketones (excluding diaryl/α,β-unsaturated/α-hetero) is 1. The minimum absolute atomic E-state index is 0.00317. The summed E-state index contributed by atoms with van der Waals surface area (Å²) in [7, 11) is 0. The molecule has 1 N–H and O–H groups in total. The third-order valence-corrected chi connectivity index (χ3v) is 4.66. The Hall–Kier alpha value is -1.88. The molecule has 1 aromatic rings. The number of ketones is 1. The number of nitrogens with one attached hydrogen (secondary N) is 1. The monoisotopic (exact) mass is 364 g/mol. The van der Waals surface area contributed by atoms with Gasteiger partial charge in [-0.1, -0.05) is 29.8 Å². The molecule has 0 aliphatic carbocycles. The summed E-state index contributed by atoms with van der Waals surface area (Å²) < 4.78 is 0. The van der Waals surface area contributed by atoms with Crippen molar-refractivity contribution < 1.29 is 14.4 Å². The van der Waals surface area contributed by atoms with Gasteiger partial charge < -0.3 is 10.2 Å². The van der Waals surface area contributed by atoms with Gasteiger partial charge in [0.15, 0.2) is 5.78 Å². The van der Waals surface area contributed by atoms with Crippen LogP contribution in [0.1, 0.15) is 48.0 Å². The number of nitrogens with zero attached hydrogens (tertiary/aromatic N) is 1. The van der Waals surface area contributed by atoms with E-state index in [9.17, 15) is 14.4 Å². The molecule has 0 radical (unpaired) electrons. The van der Waals surface area contributed by atoms with E-state index in [1.807, 2.05) is 19.1 Å². The second-order valence-electron chi connectivity index (χ2n) is 6.45. The van der Waals surface area contributed by atoms with Crippen LogP contribution in [0.5, 0.6) is 0 Å². The molecular formula is C19H25ClN2O3. The Morgan fingerprint density at radius 2 is 1.72 bits per heavy atom. The normalized spacial score (nSPS) is 15.0. The van der Waals surface area contributed by atoms with Gasteiger partial charge in [0.2, 0.25) is 11.8 Å². The first kappa shape index (κ1) is 19.4. The number of amides is 2. The maximum Gasteiger partial charge on any atom is 0.223 e. The van der Waals surface area contributed by atoms with Crippen LogP contribution in [0.2, 0.25) is 0 Å². The van der Waals surface area contributed by atoms with Gasteiger partial charge in [0.1, 0.15) is 0 Å². The number of alkyl halides is 1. The van der Waals surface area contributed by atoms with E-state index < -0.39 is 0 Å². The van der Waals surface area contributed by atoms with Crippen LogP contribution in [0, 0.1) is 6.92 Å². The fraction of sp³-hybridized carbons (Fsp3) is 0.526. The lowest BCUT2D eigenvalue weighted by Gasteiger charge is -2.32.